The minimum Gasteiger partial charge on any atom is -0.478 e. The summed E-state index contributed by atoms with van der Waals surface area (Å²) in [6.45, 7) is 0. The molecule has 0 aliphatic heterocycles. The normalized spacial score (nSPS) is 28.6. The van der Waals surface area contributed by atoms with Crippen molar-refractivity contribution in [2.45, 2.75) is 31.1 Å². The van der Waals surface area contributed by atoms with E-state index in [9.17, 15) is 14.9 Å². The summed E-state index contributed by atoms with van der Waals surface area (Å²) in [5.74, 6) is -1.27. The molecule has 0 heterocycles. The molecule has 1 fully saturated rings. The average molecular weight is 225 g/mol. The number of nitrogens with zero attached hydrogens (tertiary/aromatic N) is 1. The van der Waals surface area contributed by atoms with Crippen LogP contribution in [0.1, 0.15) is 12.8 Å². The first-order valence-corrected chi connectivity index (χ1v) is 5.00. The zero-order valence-electron chi connectivity index (χ0n) is 8.41. The second kappa shape index (κ2) is 4.05. The number of ether oxygens (including phenoxy) is 1. The largest absolute Gasteiger partial charge is 0.478 e. The Hall–Kier alpha value is -1.69. The van der Waals surface area contributed by atoms with E-state index in [2.05, 4.69) is 0 Å². The van der Waals surface area contributed by atoms with Crippen LogP contribution in [-0.2, 0) is 9.53 Å². The van der Waals surface area contributed by atoms with Crippen LogP contribution in [0.25, 0.3) is 0 Å². The molecule has 1 saturated carbocycles. The zero-order valence-corrected chi connectivity index (χ0v) is 8.41. The van der Waals surface area contributed by atoms with Crippen molar-refractivity contribution in [3.05, 3.63) is 33.9 Å². The summed E-state index contributed by atoms with van der Waals surface area (Å²) in [6, 6.07) is -1.30. The van der Waals surface area contributed by atoms with Gasteiger partial charge in [-0.3, -0.25) is 10.1 Å². The number of carbonyl (C=O) groups is 1. The molecule has 6 heteroatoms. The van der Waals surface area contributed by atoms with E-state index in [0.717, 1.165) is 12.8 Å². The van der Waals surface area contributed by atoms with Gasteiger partial charge in [-0.05, 0) is 25.0 Å². The van der Waals surface area contributed by atoms with Gasteiger partial charge in [0.2, 0.25) is 0 Å². The van der Waals surface area contributed by atoms with Gasteiger partial charge in [0.25, 0.3) is 6.04 Å². The van der Waals surface area contributed by atoms with E-state index in [1.807, 2.05) is 0 Å². The van der Waals surface area contributed by atoms with Crippen LogP contribution in [0.5, 0.6) is 0 Å². The number of carboxylic acids is 1. The van der Waals surface area contributed by atoms with E-state index in [4.69, 9.17) is 9.84 Å². The lowest BCUT2D eigenvalue weighted by Gasteiger charge is -2.21. The van der Waals surface area contributed by atoms with Crippen LogP contribution in [0.2, 0.25) is 0 Å². The van der Waals surface area contributed by atoms with Gasteiger partial charge in [0.1, 0.15) is 11.7 Å². The lowest BCUT2D eigenvalue weighted by Crippen LogP contribution is -2.40. The van der Waals surface area contributed by atoms with Crippen LogP contribution in [0.3, 0.4) is 0 Å². The molecule has 0 saturated heterocycles. The van der Waals surface area contributed by atoms with Crippen molar-refractivity contribution >= 4 is 5.97 Å². The predicted molar refractivity (Wildman–Crippen MR) is 53.5 cm³/mol. The second-order valence-electron chi connectivity index (χ2n) is 3.84. The lowest BCUT2D eigenvalue weighted by molar-refractivity contribution is -0.521. The highest BCUT2D eigenvalue weighted by Crippen LogP contribution is 2.29. The maximum Gasteiger partial charge on any atom is 0.338 e. The molecule has 0 aromatic rings. The molecule has 0 amide bonds. The van der Waals surface area contributed by atoms with Crippen molar-refractivity contribution in [3.63, 3.8) is 0 Å². The van der Waals surface area contributed by atoms with Gasteiger partial charge in [0, 0.05) is 4.92 Å². The van der Waals surface area contributed by atoms with Crippen LogP contribution in [-0.4, -0.2) is 34.2 Å². The van der Waals surface area contributed by atoms with E-state index < -0.39 is 23.0 Å². The van der Waals surface area contributed by atoms with Gasteiger partial charge in [-0.1, -0.05) is 6.08 Å². The lowest BCUT2D eigenvalue weighted by atomic mass is 9.97. The fourth-order valence-corrected chi connectivity index (χ4v) is 1.63. The number of rotatable bonds is 4. The molecule has 0 radical (unpaired) electrons. The monoisotopic (exact) mass is 225 g/mol. The topological polar surface area (TPSA) is 89.7 Å². The van der Waals surface area contributed by atoms with Gasteiger partial charge in [0.05, 0.1) is 6.10 Å². The van der Waals surface area contributed by atoms with E-state index in [1.54, 1.807) is 0 Å². The SMILES string of the molecule is O=C(O)C1=CC=CC(OC2CC2)C1[N+](=O)[O-]. The molecular weight excluding hydrogens is 214 g/mol. The average Bonchev–Trinajstić information content (AvgIpc) is 3.00. The number of hydrogen-bond donors (Lipinski definition) is 1. The van der Waals surface area contributed by atoms with Crippen LogP contribution in [0, 0.1) is 10.1 Å². The molecule has 2 atom stereocenters. The van der Waals surface area contributed by atoms with Crippen molar-refractivity contribution in [2.24, 2.45) is 0 Å². The number of aliphatic carboxylic acids is 1. The van der Waals surface area contributed by atoms with Crippen molar-refractivity contribution < 1.29 is 19.6 Å². The van der Waals surface area contributed by atoms with Crippen LogP contribution >= 0.6 is 0 Å². The summed E-state index contributed by atoms with van der Waals surface area (Å²) in [5, 5.41) is 19.7. The Kier molecular flexibility index (Phi) is 2.74. The van der Waals surface area contributed by atoms with Crippen LogP contribution < -0.4 is 0 Å². The van der Waals surface area contributed by atoms with E-state index in [0.29, 0.717) is 0 Å². The molecule has 0 bridgehead atoms. The summed E-state index contributed by atoms with van der Waals surface area (Å²) in [7, 11) is 0. The third kappa shape index (κ3) is 2.11. The fraction of sp³-hybridized carbons (Fsp3) is 0.500. The minimum atomic E-state index is -1.30. The first kappa shape index (κ1) is 10.8. The maximum absolute atomic E-state index is 10.9. The minimum absolute atomic E-state index is 0.0465. The first-order chi connectivity index (χ1) is 7.59. The van der Waals surface area contributed by atoms with E-state index in [1.165, 1.54) is 18.2 Å². The summed E-state index contributed by atoms with van der Waals surface area (Å²) >= 11 is 0. The standard InChI is InChI=1S/C10H11NO5/c12-10(13)7-2-1-3-8(9(7)11(14)15)16-6-4-5-6/h1-3,6,8-9H,4-5H2,(H,12,13). The van der Waals surface area contributed by atoms with Crippen molar-refractivity contribution in [2.75, 3.05) is 0 Å². The quantitative estimate of drug-likeness (QED) is 0.563. The molecule has 2 rings (SSSR count). The summed E-state index contributed by atoms with van der Waals surface area (Å²) in [5.41, 5.74) is -0.224. The fourth-order valence-electron chi connectivity index (χ4n) is 1.63. The van der Waals surface area contributed by atoms with Gasteiger partial charge in [-0.2, -0.15) is 0 Å². The highest BCUT2D eigenvalue weighted by Gasteiger charge is 2.42. The summed E-state index contributed by atoms with van der Waals surface area (Å²) in [6.07, 6.45) is 5.35. The second-order valence-corrected chi connectivity index (χ2v) is 3.84. The highest BCUT2D eigenvalue weighted by molar-refractivity contribution is 5.88. The van der Waals surface area contributed by atoms with E-state index in [-0.39, 0.29) is 11.7 Å². The molecule has 0 aromatic heterocycles. The molecule has 1 N–H and O–H groups in total. The predicted octanol–water partition coefficient (Wildman–Crippen LogP) is 0.760. The summed E-state index contributed by atoms with van der Waals surface area (Å²) < 4.78 is 5.42. The molecule has 16 heavy (non-hydrogen) atoms. The molecule has 6 nitrogen and oxygen atoms in total. The van der Waals surface area contributed by atoms with Crippen molar-refractivity contribution in [3.8, 4) is 0 Å². The molecule has 0 spiro atoms. The first-order valence-electron chi connectivity index (χ1n) is 5.00. The maximum atomic E-state index is 10.9. The smallest absolute Gasteiger partial charge is 0.338 e. The van der Waals surface area contributed by atoms with Crippen molar-refractivity contribution in [1.29, 1.82) is 0 Å². The third-order valence-electron chi connectivity index (χ3n) is 2.55. The molecule has 86 valence electrons. The Labute approximate surface area is 91.4 Å². The third-order valence-corrected chi connectivity index (χ3v) is 2.55. The van der Waals surface area contributed by atoms with Gasteiger partial charge in [0.15, 0.2) is 0 Å². The van der Waals surface area contributed by atoms with Gasteiger partial charge < -0.3 is 9.84 Å². The van der Waals surface area contributed by atoms with Crippen LogP contribution in [0.4, 0.5) is 0 Å². The van der Waals surface area contributed by atoms with Gasteiger partial charge >= 0.3 is 5.97 Å². The number of nitro groups is 1. The van der Waals surface area contributed by atoms with Gasteiger partial charge in [-0.25, -0.2) is 4.79 Å². The molecular formula is C10H11NO5. The van der Waals surface area contributed by atoms with Gasteiger partial charge in [-0.15, -0.1) is 0 Å². The Balaban J connectivity index is 2.19. The Morgan fingerprint density at radius 2 is 2.25 bits per heavy atom. The van der Waals surface area contributed by atoms with Crippen LogP contribution in [0.15, 0.2) is 23.8 Å². The Morgan fingerprint density at radius 3 is 2.75 bits per heavy atom. The molecule has 2 unspecified atom stereocenters. The molecule has 0 aromatic carbocycles. The number of allylic oxidation sites excluding steroid dienone is 2. The van der Waals surface area contributed by atoms with Crippen molar-refractivity contribution in [1.82, 2.24) is 0 Å². The Bertz CT molecular complexity index is 383. The summed E-state index contributed by atoms with van der Waals surface area (Å²) in [4.78, 5) is 21.1. The zero-order chi connectivity index (χ0) is 11.7. The number of hydrogen-bond acceptors (Lipinski definition) is 4. The van der Waals surface area contributed by atoms with E-state index >= 15 is 0 Å². The number of carboxylic acid groups (broad SMARTS) is 1. The Morgan fingerprint density at radius 1 is 1.56 bits per heavy atom. The highest BCUT2D eigenvalue weighted by atomic mass is 16.6. The molecule has 2 aliphatic carbocycles. The molecule has 2 aliphatic rings.